The molecule has 0 aliphatic carbocycles. The van der Waals surface area contributed by atoms with Gasteiger partial charge < -0.3 is 9.30 Å². The van der Waals surface area contributed by atoms with Crippen molar-refractivity contribution in [2.75, 3.05) is 7.11 Å². The number of carbonyl (C=O) groups excluding carboxylic acids is 1. The van der Waals surface area contributed by atoms with Crippen molar-refractivity contribution >= 4 is 28.7 Å². The van der Waals surface area contributed by atoms with Crippen LogP contribution in [0.1, 0.15) is 16.2 Å². The number of fused-ring (bicyclic) bond motifs is 1. The summed E-state index contributed by atoms with van der Waals surface area (Å²) >= 11 is 6.10. The summed E-state index contributed by atoms with van der Waals surface area (Å²) < 4.78 is 44.3. The van der Waals surface area contributed by atoms with E-state index in [0.29, 0.717) is 0 Å². The average molecular weight is 372 g/mol. The number of aryl methyl sites for hydroxylation is 1. The van der Waals surface area contributed by atoms with Crippen LogP contribution >= 0.6 is 11.6 Å². The minimum atomic E-state index is -4.64. The van der Waals surface area contributed by atoms with Gasteiger partial charge in [-0.2, -0.15) is 13.2 Å². The van der Waals surface area contributed by atoms with Crippen LogP contribution in [-0.2, 0) is 18.0 Å². The zero-order chi connectivity index (χ0) is 18.4. The lowest BCUT2D eigenvalue weighted by atomic mass is 10.3. The van der Waals surface area contributed by atoms with E-state index in [-0.39, 0.29) is 33.4 Å². The summed E-state index contributed by atoms with van der Waals surface area (Å²) in [5, 5.41) is 6.89. The summed E-state index contributed by atoms with van der Waals surface area (Å²) in [5.41, 5.74) is -0.979. The molecule has 0 bridgehead atoms. The first-order chi connectivity index (χ1) is 11.7. The molecule has 11 heteroatoms. The molecule has 0 aliphatic rings. The molecule has 0 atom stereocenters. The Balaban J connectivity index is 2.19. The van der Waals surface area contributed by atoms with E-state index in [0.717, 1.165) is 6.07 Å². The standard InChI is InChI=1S/C14H9ClF3N5O2/c1-23-11-8(5-9(21-22-11)14(16,17)18)20-12(23)10-6(15)3-4-7(19-10)13(24)25-2/h3-5H,1-2H3. The number of methoxy groups -OCH3 is 1. The number of halogens is 4. The van der Waals surface area contributed by atoms with E-state index in [9.17, 15) is 18.0 Å². The van der Waals surface area contributed by atoms with Gasteiger partial charge in [-0.15, -0.1) is 10.2 Å². The van der Waals surface area contributed by atoms with Crippen molar-refractivity contribution in [3.63, 3.8) is 0 Å². The Kier molecular flexibility index (Phi) is 4.07. The van der Waals surface area contributed by atoms with E-state index in [1.807, 2.05) is 0 Å². The molecular weight excluding hydrogens is 363 g/mol. The second-order valence-corrected chi connectivity index (χ2v) is 5.36. The van der Waals surface area contributed by atoms with E-state index in [2.05, 4.69) is 24.9 Å². The van der Waals surface area contributed by atoms with Crippen molar-refractivity contribution in [1.29, 1.82) is 0 Å². The Morgan fingerprint density at radius 3 is 2.60 bits per heavy atom. The maximum atomic E-state index is 12.8. The zero-order valence-corrected chi connectivity index (χ0v) is 13.6. The second kappa shape index (κ2) is 5.96. The Labute approximate surface area is 143 Å². The molecule has 0 unspecified atom stereocenters. The quantitative estimate of drug-likeness (QED) is 0.644. The van der Waals surface area contributed by atoms with Crippen molar-refractivity contribution in [3.05, 3.63) is 34.6 Å². The Hall–Kier alpha value is -2.75. The fraction of sp³-hybridized carbons (Fsp3) is 0.214. The fourth-order valence-electron chi connectivity index (χ4n) is 2.15. The predicted molar refractivity (Wildman–Crippen MR) is 80.9 cm³/mol. The molecule has 3 rings (SSSR count). The molecule has 0 aliphatic heterocycles. The Bertz CT molecular complexity index is 986. The van der Waals surface area contributed by atoms with Crippen LogP contribution in [0.25, 0.3) is 22.7 Å². The Morgan fingerprint density at radius 1 is 1.24 bits per heavy atom. The zero-order valence-electron chi connectivity index (χ0n) is 12.8. The number of pyridine rings is 1. The van der Waals surface area contributed by atoms with Gasteiger partial charge in [-0.1, -0.05) is 11.6 Å². The van der Waals surface area contributed by atoms with Crippen molar-refractivity contribution in [2.45, 2.75) is 6.18 Å². The molecule has 0 amide bonds. The molecule has 130 valence electrons. The summed E-state index contributed by atoms with van der Waals surface area (Å²) in [7, 11) is 2.72. The molecule has 0 spiro atoms. The van der Waals surface area contributed by atoms with Gasteiger partial charge in [-0.05, 0) is 12.1 Å². The molecular formula is C14H9ClF3N5O2. The summed E-state index contributed by atoms with van der Waals surface area (Å²) in [6, 6.07) is 3.56. The third-order valence-electron chi connectivity index (χ3n) is 3.36. The van der Waals surface area contributed by atoms with Crippen molar-refractivity contribution < 1.29 is 22.7 Å². The molecule has 0 N–H and O–H groups in total. The van der Waals surface area contributed by atoms with Gasteiger partial charge in [0.05, 0.1) is 12.1 Å². The molecule has 3 aromatic rings. The van der Waals surface area contributed by atoms with Gasteiger partial charge in [-0.25, -0.2) is 14.8 Å². The lowest BCUT2D eigenvalue weighted by Crippen LogP contribution is -2.09. The maximum Gasteiger partial charge on any atom is 0.435 e. The van der Waals surface area contributed by atoms with E-state index in [1.165, 1.54) is 30.9 Å². The molecule has 0 radical (unpaired) electrons. The highest BCUT2D eigenvalue weighted by Crippen LogP contribution is 2.31. The summed E-state index contributed by atoms with van der Waals surface area (Å²) in [6.07, 6.45) is -4.64. The Morgan fingerprint density at radius 2 is 1.96 bits per heavy atom. The van der Waals surface area contributed by atoms with Gasteiger partial charge >= 0.3 is 12.1 Å². The van der Waals surface area contributed by atoms with Crippen molar-refractivity contribution in [1.82, 2.24) is 24.7 Å². The number of carbonyl (C=O) groups is 1. The molecule has 7 nitrogen and oxygen atoms in total. The van der Waals surface area contributed by atoms with Gasteiger partial charge in [0, 0.05) is 13.1 Å². The van der Waals surface area contributed by atoms with Gasteiger partial charge in [0.25, 0.3) is 0 Å². The van der Waals surface area contributed by atoms with E-state index < -0.39 is 17.8 Å². The number of hydrogen-bond acceptors (Lipinski definition) is 6. The highest BCUT2D eigenvalue weighted by Gasteiger charge is 2.34. The van der Waals surface area contributed by atoms with Crippen LogP contribution < -0.4 is 0 Å². The number of esters is 1. The van der Waals surface area contributed by atoms with Crippen LogP contribution in [0.3, 0.4) is 0 Å². The SMILES string of the molecule is COC(=O)c1ccc(Cl)c(-c2nc3cc(C(F)(F)F)nnc3n2C)n1. The number of rotatable bonds is 2. The van der Waals surface area contributed by atoms with Gasteiger partial charge in [0.15, 0.2) is 17.2 Å². The molecule has 3 aromatic heterocycles. The molecule has 0 aromatic carbocycles. The molecule has 0 saturated heterocycles. The monoisotopic (exact) mass is 371 g/mol. The first kappa shape index (κ1) is 17.1. The largest absolute Gasteiger partial charge is 0.464 e. The van der Waals surface area contributed by atoms with Gasteiger partial charge in [0.2, 0.25) is 0 Å². The average Bonchev–Trinajstić information content (AvgIpc) is 2.90. The highest BCUT2D eigenvalue weighted by atomic mass is 35.5. The predicted octanol–water partition coefficient (Wildman–Crippen LogP) is 2.88. The van der Waals surface area contributed by atoms with Crippen LogP contribution in [0.5, 0.6) is 0 Å². The minimum absolute atomic E-state index is 0.0176. The smallest absolute Gasteiger partial charge is 0.435 e. The van der Waals surface area contributed by atoms with E-state index >= 15 is 0 Å². The number of aromatic nitrogens is 5. The fourth-order valence-corrected chi connectivity index (χ4v) is 2.34. The lowest BCUT2D eigenvalue weighted by molar-refractivity contribution is -0.141. The third kappa shape index (κ3) is 3.00. The van der Waals surface area contributed by atoms with Crippen molar-refractivity contribution in [3.8, 4) is 11.5 Å². The van der Waals surface area contributed by atoms with Crippen LogP contribution in [-0.4, -0.2) is 37.8 Å². The molecule has 25 heavy (non-hydrogen) atoms. The maximum absolute atomic E-state index is 12.8. The molecule has 3 heterocycles. The lowest BCUT2D eigenvalue weighted by Gasteiger charge is -2.06. The number of ether oxygens (including phenoxy) is 1. The third-order valence-corrected chi connectivity index (χ3v) is 3.66. The number of hydrogen-bond donors (Lipinski definition) is 0. The van der Waals surface area contributed by atoms with Crippen molar-refractivity contribution in [2.24, 2.45) is 7.05 Å². The van der Waals surface area contributed by atoms with Crippen LogP contribution in [0, 0.1) is 0 Å². The van der Waals surface area contributed by atoms with Crippen LogP contribution in [0.2, 0.25) is 5.02 Å². The first-order valence-electron chi connectivity index (χ1n) is 6.75. The normalized spacial score (nSPS) is 11.8. The summed E-state index contributed by atoms with van der Waals surface area (Å²) in [4.78, 5) is 19.8. The molecule has 0 saturated carbocycles. The number of imidazole rings is 1. The minimum Gasteiger partial charge on any atom is -0.464 e. The number of alkyl halides is 3. The second-order valence-electron chi connectivity index (χ2n) is 4.95. The van der Waals surface area contributed by atoms with Gasteiger partial charge in [0.1, 0.15) is 16.9 Å². The van der Waals surface area contributed by atoms with Gasteiger partial charge in [-0.3, -0.25) is 0 Å². The first-order valence-corrected chi connectivity index (χ1v) is 7.12. The van der Waals surface area contributed by atoms with Crippen LogP contribution in [0.15, 0.2) is 18.2 Å². The summed E-state index contributed by atoms with van der Waals surface area (Å²) in [6.45, 7) is 0. The number of nitrogens with zero attached hydrogens (tertiary/aromatic N) is 5. The molecule has 0 fully saturated rings. The van der Waals surface area contributed by atoms with E-state index in [1.54, 1.807) is 0 Å². The van der Waals surface area contributed by atoms with Crippen LogP contribution in [0.4, 0.5) is 13.2 Å². The highest BCUT2D eigenvalue weighted by molar-refractivity contribution is 6.33. The summed E-state index contributed by atoms with van der Waals surface area (Å²) in [5.74, 6) is -0.546. The topological polar surface area (TPSA) is 82.8 Å². The van der Waals surface area contributed by atoms with E-state index in [4.69, 9.17) is 11.6 Å².